The molecule has 0 spiro atoms. The van der Waals surface area contributed by atoms with Crippen LogP contribution in [0.2, 0.25) is 0 Å². The zero-order chi connectivity index (χ0) is 13.9. The molecule has 1 heterocycles. The number of nitrogens with one attached hydrogen (secondary N) is 1. The second-order valence-corrected chi connectivity index (χ2v) is 5.61. The van der Waals surface area contributed by atoms with Crippen LogP contribution in [-0.4, -0.2) is 15.6 Å². The number of benzene rings is 1. The highest BCUT2D eigenvalue weighted by Crippen LogP contribution is 2.36. The highest BCUT2D eigenvalue weighted by molar-refractivity contribution is 5.36. The van der Waals surface area contributed by atoms with Gasteiger partial charge in [0.25, 0.3) is 0 Å². The molecule has 3 rings (SSSR count). The molecule has 3 N–H and O–H groups in total. The van der Waals surface area contributed by atoms with E-state index in [1.54, 1.807) is 0 Å². The van der Waals surface area contributed by atoms with Gasteiger partial charge in [0.2, 0.25) is 0 Å². The van der Waals surface area contributed by atoms with E-state index in [4.69, 9.17) is 5.84 Å². The first-order valence-electron chi connectivity index (χ1n) is 7.29. The van der Waals surface area contributed by atoms with E-state index < -0.39 is 0 Å². The first-order valence-corrected chi connectivity index (χ1v) is 7.29. The van der Waals surface area contributed by atoms with Gasteiger partial charge in [0.1, 0.15) is 5.82 Å². The molecule has 1 aliphatic carbocycles. The number of nitrogens with zero attached hydrogens (tertiary/aromatic N) is 2. The Labute approximate surface area is 120 Å². The average Bonchev–Trinajstić information content (AvgIpc) is 3.07. The summed E-state index contributed by atoms with van der Waals surface area (Å²) in [6.45, 7) is 0. The lowest BCUT2D eigenvalue weighted by atomic mass is 9.90. The summed E-state index contributed by atoms with van der Waals surface area (Å²) < 4.78 is 2.08. The second kappa shape index (κ2) is 5.77. The topological polar surface area (TPSA) is 55.9 Å². The van der Waals surface area contributed by atoms with Gasteiger partial charge in [-0.25, -0.2) is 4.98 Å². The molecule has 2 atom stereocenters. The van der Waals surface area contributed by atoms with Crippen molar-refractivity contribution >= 4 is 0 Å². The number of fused-ring (bicyclic) bond motifs is 1. The van der Waals surface area contributed by atoms with Gasteiger partial charge in [-0.05, 0) is 30.4 Å². The van der Waals surface area contributed by atoms with E-state index in [0.29, 0.717) is 12.0 Å². The van der Waals surface area contributed by atoms with Crippen LogP contribution in [0.5, 0.6) is 0 Å². The summed E-state index contributed by atoms with van der Waals surface area (Å²) in [5.74, 6) is 7.46. The summed E-state index contributed by atoms with van der Waals surface area (Å²) in [6.07, 6.45) is 8.17. The zero-order valence-electron chi connectivity index (χ0n) is 11.9. The van der Waals surface area contributed by atoms with Crippen LogP contribution in [0, 0.1) is 0 Å². The van der Waals surface area contributed by atoms with Crippen molar-refractivity contribution in [2.45, 2.75) is 37.6 Å². The molecule has 2 unspecified atom stereocenters. The number of aryl methyl sites for hydroxylation is 3. The number of rotatable bonds is 5. The highest BCUT2D eigenvalue weighted by atomic mass is 15.2. The lowest BCUT2D eigenvalue weighted by molar-refractivity contribution is 0.408. The van der Waals surface area contributed by atoms with E-state index in [2.05, 4.69) is 39.2 Å². The molecule has 1 aromatic carbocycles. The Morgan fingerprint density at radius 2 is 2.30 bits per heavy atom. The third-order valence-corrected chi connectivity index (χ3v) is 4.48. The summed E-state index contributed by atoms with van der Waals surface area (Å²) >= 11 is 0. The van der Waals surface area contributed by atoms with Crippen LogP contribution in [0.4, 0.5) is 0 Å². The summed E-state index contributed by atoms with van der Waals surface area (Å²) in [5.41, 5.74) is 5.98. The maximum absolute atomic E-state index is 5.81. The molecule has 0 aliphatic heterocycles. The van der Waals surface area contributed by atoms with Crippen molar-refractivity contribution in [1.29, 1.82) is 0 Å². The Bertz CT molecular complexity index is 575. The predicted octanol–water partition coefficient (Wildman–Crippen LogP) is 1.91. The summed E-state index contributed by atoms with van der Waals surface area (Å²) in [5, 5.41) is 0. The number of hydrogen-bond donors (Lipinski definition) is 2. The van der Waals surface area contributed by atoms with Crippen molar-refractivity contribution in [3.05, 3.63) is 53.6 Å². The zero-order valence-corrected chi connectivity index (χ0v) is 11.9. The normalized spacial score (nSPS) is 19.0. The molecule has 0 fully saturated rings. The molecule has 0 radical (unpaired) electrons. The maximum Gasteiger partial charge on any atom is 0.108 e. The van der Waals surface area contributed by atoms with E-state index in [1.807, 2.05) is 19.4 Å². The number of nitrogens with two attached hydrogens (primary N) is 1. The molecular formula is C16H22N4. The van der Waals surface area contributed by atoms with E-state index in [0.717, 1.165) is 18.7 Å². The first-order chi connectivity index (χ1) is 9.79. The Balaban J connectivity index is 1.70. The van der Waals surface area contributed by atoms with Gasteiger partial charge in [0, 0.05) is 37.8 Å². The molecular weight excluding hydrogens is 248 g/mol. The predicted molar refractivity (Wildman–Crippen MR) is 80.1 cm³/mol. The number of hydrazine groups is 1. The minimum atomic E-state index is 0.315. The summed E-state index contributed by atoms with van der Waals surface area (Å²) in [4.78, 5) is 4.39. The summed E-state index contributed by atoms with van der Waals surface area (Å²) in [6, 6.07) is 9.05. The first kappa shape index (κ1) is 13.3. The van der Waals surface area contributed by atoms with Crippen LogP contribution in [0.15, 0.2) is 36.7 Å². The van der Waals surface area contributed by atoms with Crippen molar-refractivity contribution < 1.29 is 0 Å². The quantitative estimate of drug-likeness (QED) is 0.644. The van der Waals surface area contributed by atoms with Gasteiger partial charge < -0.3 is 4.57 Å². The van der Waals surface area contributed by atoms with Gasteiger partial charge in [0.05, 0.1) is 0 Å². The molecule has 1 aromatic heterocycles. The van der Waals surface area contributed by atoms with Gasteiger partial charge in [-0.15, -0.1) is 0 Å². The molecule has 0 amide bonds. The van der Waals surface area contributed by atoms with Crippen LogP contribution in [-0.2, 0) is 19.9 Å². The molecule has 2 aromatic rings. The fraction of sp³-hybridized carbons (Fsp3) is 0.438. The van der Waals surface area contributed by atoms with Crippen molar-refractivity contribution in [1.82, 2.24) is 15.0 Å². The number of aromatic nitrogens is 2. The van der Waals surface area contributed by atoms with Crippen LogP contribution >= 0.6 is 0 Å². The number of hydrogen-bond acceptors (Lipinski definition) is 3. The monoisotopic (exact) mass is 270 g/mol. The maximum atomic E-state index is 5.81. The third kappa shape index (κ3) is 2.49. The Morgan fingerprint density at radius 1 is 1.45 bits per heavy atom. The standard InChI is InChI=1S/C16H22N4/c1-20-11-10-18-16(20)9-8-15(19-17)14-7-6-12-4-2-3-5-13(12)14/h2-5,10-11,14-15,19H,6-9,17H2,1H3. The molecule has 0 saturated heterocycles. The Hall–Kier alpha value is -1.65. The molecule has 20 heavy (non-hydrogen) atoms. The van der Waals surface area contributed by atoms with Crippen molar-refractivity contribution in [3.8, 4) is 0 Å². The van der Waals surface area contributed by atoms with E-state index in [1.165, 1.54) is 24.0 Å². The van der Waals surface area contributed by atoms with E-state index in [9.17, 15) is 0 Å². The van der Waals surface area contributed by atoms with Crippen LogP contribution < -0.4 is 11.3 Å². The van der Waals surface area contributed by atoms with E-state index >= 15 is 0 Å². The third-order valence-electron chi connectivity index (χ3n) is 4.48. The smallest absolute Gasteiger partial charge is 0.108 e. The molecule has 0 bridgehead atoms. The van der Waals surface area contributed by atoms with Crippen molar-refractivity contribution in [2.24, 2.45) is 12.9 Å². The molecule has 0 saturated carbocycles. The molecule has 4 nitrogen and oxygen atoms in total. The minimum Gasteiger partial charge on any atom is -0.338 e. The fourth-order valence-electron chi connectivity index (χ4n) is 3.33. The lowest BCUT2D eigenvalue weighted by Crippen LogP contribution is -2.39. The Morgan fingerprint density at radius 3 is 3.05 bits per heavy atom. The van der Waals surface area contributed by atoms with Gasteiger partial charge >= 0.3 is 0 Å². The van der Waals surface area contributed by atoms with Crippen LogP contribution in [0.3, 0.4) is 0 Å². The molecule has 1 aliphatic rings. The summed E-state index contributed by atoms with van der Waals surface area (Å²) in [7, 11) is 2.04. The fourth-order valence-corrected chi connectivity index (χ4v) is 3.33. The largest absolute Gasteiger partial charge is 0.338 e. The second-order valence-electron chi connectivity index (χ2n) is 5.61. The van der Waals surface area contributed by atoms with E-state index in [-0.39, 0.29) is 0 Å². The molecule has 4 heteroatoms. The van der Waals surface area contributed by atoms with Crippen LogP contribution in [0.25, 0.3) is 0 Å². The van der Waals surface area contributed by atoms with Gasteiger partial charge in [-0.2, -0.15) is 0 Å². The highest BCUT2D eigenvalue weighted by Gasteiger charge is 2.28. The minimum absolute atomic E-state index is 0.315. The Kier molecular flexibility index (Phi) is 3.85. The SMILES string of the molecule is Cn1ccnc1CCC(NN)C1CCc2ccccc21. The van der Waals surface area contributed by atoms with Gasteiger partial charge in [-0.3, -0.25) is 11.3 Å². The van der Waals surface area contributed by atoms with Crippen molar-refractivity contribution in [3.63, 3.8) is 0 Å². The van der Waals surface area contributed by atoms with Gasteiger partial charge in [0.15, 0.2) is 0 Å². The average molecular weight is 270 g/mol. The number of imidazole rings is 1. The lowest BCUT2D eigenvalue weighted by Gasteiger charge is -2.23. The van der Waals surface area contributed by atoms with Crippen LogP contribution in [0.1, 0.15) is 35.7 Å². The van der Waals surface area contributed by atoms with Crippen molar-refractivity contribution in [2.75, 3.05) is 0 Å². The van der Waals surface area contributed by atoms with Gasteiger partial charge in [-0.1, -0.05) is 24.3 Å². The molecule has 106 valence electrons.